The molecule has 5 rings (SSSR count). The van der Waals surface area contributed by atoms with E-state index in [2.05, 4.69) is 15.3 Å². The van der Waals surface area contributed by atoms with Gasteiger partial charge in [0.25, 0.3) is 5.88 Å². The van der Waals surface area contributed by atoms with Crippen molar-refractivity contribution in [2.24, 2.45) is 0 Å². The van der Waals surface area contributed by atoms with E-state index in [1.54, 1.807) is 13.8 Å². The number of hydrogen-bond acceptors (Lipinski definition) is 8. The van der Waals surface area contributed by atoms with E-state index in [0.29, 0.717) is 44.0 Å². The zero-order valence-corrected chi connectivity index (χ0v) is 22.4. The van der Waals surface area contributed by atoms with Gasteiger partial charge in [-0.25, -0.2) is 4.98 Å². The normalized spacial score (nSPS) is 20.3. The van der Waals surface area contributed by atoms with Crippen LogP contribution in [-0.4, -0.2) is 76.0 Å². The highest BCUT2D eigenvalue weighted by molar-refractivity contribution is 5.84. The van der Waals surface area contributed by atoms with E-state index in [0.717, 1.165) is 18.4 Å². The average molecular weight is 528 g/mol. The van der Waals surface area contributed by atoms with Crippen molar-refractivity contribution >= 4 is 11.7 Å². The molecule has 1 aromatic heterocycles. The van der Waals surface area contributed by atoms with Crippen molar-refractivity contribution < 1.29 is 23.8 Å². The van der Waals surface area contributed by atoms with Crippen LogP contribution >= 0.6 is 0 Å². The predicted molar refractivity (Wildman–Crippen MR) is 141 cm³/mol. The fourth-order valence-electron chi connectivity index (χ4n) is 4.63. The third-order valence-corrected chi connectivity index (χ3v) is 7.20. The Kier molecular flexibility index (Phi) is 7.72. The Morgan fingerprint density at radius 1 is 1.21 bits per heavy atom. The van der Waals surface area contributed by atoms with Gasteiger partial charge in [-0.1, -0.05) is 12.1 Å². The molecule has 38 heavy (non-hydrogen) atoms. The van der Waals surface area contributed by atoms with Gasteiger partial charge in [0.1, 0.15) is 24.8 Å². The van der Waals surface area contributed by atoms with E-state index in [-0.39, 0.29) is 36.2 Å². The first-order valence-electron chi connectivity index (χ1n) is 13.6. The molecule has 2 N–H and O–H groups in total. The zero-order valence-electron chi connectivity index (χ0n) is 22.4. The van der Waals surface area contributed by atoms with E-state index in [4.69, 9.17) is 9.47 Å². The quantitative estimate of drug-likeness (QED) is 0.406. The fraction of sp³-hybridized carbons (Fsp3) is 0.607. The van der Waals surface area contributed by atoms with Gasteiger partial charge in [-0.15, -0.1) is 0 Å². The minimum atomic E-state index is -1.10. The molecule has 3 fully saturated rings. The second kappa shape index (κ2) is 11.0. The molecule has 2 atom stereocenters. The fourth-order valence-corrected chi connectivity index (χ4v) is 4.63. The maximum absolute atomic E-state index is 15.0. The van der Waals surface area contributed by atoms with Gasteiger partial charge in [-0.05, 0) is 64.2 Å². The van der Waals surface area contributed by atoms with Crippen molar-refractivity contribution in [2.75, 3.05) is 31.3 Å². The number of halogens is 1. The van der Waals surface area contributed by atoms with Gasteiger partial charge in [0.2, 0.25) is 11.7 Å². The highest BCUT2D eigenvalue weighted by Crippen LogP contribution is 2.32. The van der Waals surface area contributed by atoms with E-state index >= 15 is 0 Å². The van der Waals surface area contributed by atoms with Crippen LogP contribution in [0.15, 0.2) is 30.6 Å². The predicted octanol–water partition coefficient (Wildman–Crippen LogP) is 3.23. The summed E-state index contributed by atoms with van der Waals surface area (Å²) in [5, 5.41) is 13.3. The minimum absolute atomic E-state index is 0.0811. The van der Waals surface area contributed by atoms with Crippen molar-refractivity contribution in [3.05, 3.63) is 42.0 Å². The van der Waals surface area contributed by atoms with Crippen LogP contribution in [0.2, 0.25) is 0 Å². The van der Waals surface area contributed by atoms with Gasteiger partial charge < -0.3 is 24.4 Å². The smallest absolute Gasteiger partial charge is 0.255 e. The number of aliphatic hydroxyl groups is 1. The first-order chi connectivity index (χ1) is 18.2. The van der Waals surface area contributed by atoms with Crippen molar-refractivity contribution in [3.63, 3.8) is 0 Å². The Bertz CT molecular complexity index is 1120. The summed E-state index contributed by atoms with van der Waals surface area (Å²) in [7, 11) is 0. The third-order valence-electron chi connectivity index (χ3n) is 7.20. The SMILES string of the molecule is CC(C(=O)N(CNC1CC1)C1CC1)c1ccc(OC2CCN(c3ncnc(OCC(C)(C)O)c3F)C2)cc1. The third kappa shape index (κ3) is 6.71. The van der Waals surface area contributed by atoms with Gasteiger partial charge in [0.15, 0.2) is 5.82 Å². The summed E-state index contributed by atoms with van der Waals surface area (Å²) in [4.78, 5) is 25.0. The first-order valence-corrected chi connectivity index (χ1v) is 13.6. The second-order valence-electron chi connectivity index (χ2n) is 11.4. The van der Waals surface area contributed by atoms with Crippen LogP contribution in [0.4, 0.5) is 10.2 Å². The molecule has 2 saturated carbocycles. The Morgan fingerprint density at radius 2 is 1.95 bits per heavy atom. The van der Waals surface area contributed by atoms with Gasteiger partial charge in [0, 0.05) is 25.0 Å². The van der Waals surface area contributed by atoms with Crippen LogP contribution in [0.1, 0.15) is 64.4 Å². The summed E-state index contributed by atoms with van der Waals surface area (Å²) in [5.41, 5.74) is -0.136. The lowest BCUT2D eigenvalue weighted by atomic mass is 9.99. The number of aromatic nitrogens is 2. The minimum Gasteiger partial charge on any atom is -0.489 e. The molecule has 1 amide bonds. The maximum Gasteiger partial charge on any atom is 0.255 e. The number of anilines is 1. The van der Waals surface area contributed by atoms with E-state index in [1.807, 2.05) is 41.0 Å². The summed E-state index contributed by atoms with van der Waals surface area (Å²) in [5.74, 6) is 0.000000577. The molecule has 0 radical (unpaired) electrons. The van der Waals surface area contributed by atoms with Crippen LogP contribution in [0.25, 0.3) is 0 Å². The second-order valence-corrected chi connectivity index (χ2v) is 11.4. The van der Waals surface area contributed by atoms with Gasteiger partial charge in [0.05, 0.1) is 24.7 Å². The zero-order chi connectivity index (χ0) is 26.9. The topological polar surface area (TPSA) is 100 Å². The standard InChI is InChI=1S/C28H38FN5O4/c1-18(27(35)34(21-8-9-21)17-32-20-6-7-20)19-4-10-22(11-5-19)38-23-12-13-33(14-23)25-24(29)26(31-16-30-25)37-15-28(2,3)36/h4-5,10-11,16,18,20-21,23,32,36H,6-9,12-15,17H2,1-3H3. The molecule has 2 aliphatic carbocycles. The Hall–Kier alpha value is -2.98. The molecular weight excluding hydrogens is 489 g/mol. The number of nitrogens with zero attached hydrogens (tertiary/aromatic N) is 4. The molecule has 1 saturated heterocycles. The molecule has 1 aromatic carbocycles. The summed E-state index contributed by atoms with van der Waals surface area (Å²) < 4.78 is 26.5. The van der Waals surface area contributed by atoms with Crippen LogP contribution < -0.4 is 19.7 Å². The molecule has 1 aliphatic heterocycles. The molecule has 2 heterocycles. The lowest BCUT2D eigenvalue weighted by Gasteiger charge is -2.26. The molecule has 3 aliphatic rings. The van der Waals surface area contributed by atoms with Crippen molar-refractivity contribution in [1.82, 2.24) is 20.2 Å². The molecule has 2 unspecified atom stereocenters. The molecule has 2 aromatic rings. The van der Waals surface area contributed by atoms with E-state index in [1.165, 1.54) is 19.2 Å². The number of carbonyl (C=O) groups excluding carboxylic acids is 1. The van der Waals surface area contributed by atoms with Crippen LogP contribution in [0.3, 0.4) is 0 Å². The van der Waals surface area contributed by atoms with Gasteiger partial charge in [-0.2, -0.15) is 9.37 Å². The molecule has 10 heteroatoms. The lowest BCUT2D eigenvalue weighted by molar-refractivity contribution is -0.133. The number of amides is 1. The Labute approximate surface area is 223 Å². The number of benzene rings is 1. The van der Waals surface area contributed by atoms with Gasteiger partial charge in [-0.3, -0.25) is 10.1 Å². The number of rotatable bonds is 12. The number of hydrogen-bond donors (Lipinski definition) is 2. The highest BCUT2D eigenvalue weighted by Gasteiger charge is 2.36. The number of carbonyl (C=O) groups is 1. The molecule has 206 valence electrons. The number of nitrogens with one attached hydrogen (secondary N) is 1. The highest BCUT2D eigenvalue weighted by atomic mass is 19.1. The van der Waals surface area contributed by atoms with Crippen LogP contribution in [0.5, 0.6) is 11.6 Å². The van der Waals surface area contributed by atoms with Crippen molar-refractivity contribution in [2.45, 2.75) is 82.6 Å². The Morgan fingerprint density at radius 3 is 2.61 bits per heavy atom. The summed E-state index contributed by atoms with van der Waals surface area (Å²) >= 11 is 0. The lowest BCUT2D eigenvalue weighted by Crippen LogP contribution is -2.43. The van der Waals surface area contributed by atoms with Crippen LogP contribution in [0, 0.1) is 5.82 Å². The van der Waals surface area contributed by atoms with Crippen molar-refractivity contribution in [1.29, 1.82) is 0 Å². The maximum atomic E-state index is 15.0. The largest absolute Gasteiger partial charge is 0.489 e. The van der Waals surface area contributed by atoms with Gasteiger partial charge >= 0.3 is 0 Å². The molecular formula is C28H38FN5O4. The summed E-state index contributed by atoms with van der Waals surface area (Å²) in [6, 6.07) is 8.66. The monoisotopic (exact) mass is 527 g/mol. The van der Waals surface area contributed by atoms with E-state index < -0.39 is 11.4 Å². The average Bonchev–Trinajstić information content (AvgIpc) is 3.83. The van der Waals surface area contributed by atoms with E-state index in [9.17, 15) is 14.3 Å². The molecule has 0 spiro atoms. The van der Waals surface area contributed by atoms with Crippen LogP contribution in [-0.2, 0) is 4.79 Å². The molecule has 9 nitrogen and oxygen atoms in total. The molecule has 0 bridgehead atoms. The number of ether oxygens (including phenoxy) is 2. The van der Waals surface area contributed by atoms with Crippen molar-refractivity contribution in [3.8, 4) is 11.6 Å². The first kappa shape index (κ1) is 26.6. The summed E-state index contributed by atoms with van der Waals surface area (Å²) in [6.07, 6.45) is 6.43. The Balaban J connectivity index is 1.15. The summed E-state index contributed by atoms with van der Waals surface area (Å²) in [6.45, 7) is 6.74.